The Morgan fingerprint density at radius 2 is 1.75 bits per heavy atom. The van der Waals surface area contributed by atoms with Gasteiger partial charge in [0.05, 0.1) is 20.8 Å². The average Bonchev–Trinajstić information content (AvgIpc) is 3.25. The molecule has 0 radical (unpaired) electrons. The maximum absolute atomic E-state index is 13.5. The summed E-state index contributed by atoms with van der Waals surface area (Å²) < 4.78 is 6.37. The van der Waals surface area contributed by atoms with Crippen molar-refractivity contribution in [2.45, 2.75) is 6.92 Å². The summed E-state index contributed by atoms with van der Waals surface area (Å²) in [7, 11) is 0. The van der Waals surface area contributed by atoms with Gasteiger partial charge in [-0.3, -0.25) is 14.5 Å². The lowest BCUT2D eigenvalue weighted by Crippen LogP contribution is -2.28. The molecule has 1 saturated heterocycles. The molecule has 0 aliphatic carbocycles. The molecule has 9 heteroatoms. The van der Waals surface area contributed by atoms with E-state index in [4.69, 9.17) is 21.3 Å². The zero-order valence-corrected chi connectivity index (χ0v) is 24.5. The Kier molecular flexibility index (Phi) is 8.69. The summed E-state index contributed by atoms with van der Waals surface area (Å²) in [6, 6.07) is 29.7. The van der Waals surface area contributed by atoms with Gasteiger partial charge in [-0.15, -0.1) is 0 Å². The van der Waals surface area contributed by atoms with Gasteiger partial charge in [0.15, 0.2) is 11.8 Å². The molecule has 6 nitrogen and oxygen atoms in total. The van der Waals surface area contributed by atoms with E-state index in [9.17, 15) is 9.59 Å². The summed E-state index contributed by atoms with van der Waals surface area (Å²) in [5.74, 6) is 0.0364. The molecule has 1 fully saturated rings. The summed E-state index contributed by atoms with van der Waals surface area (Å²) in [6.45, 7) is 1.72. The highest BCUT2D eigenvalue weighted by molar-refractivity contribution is 9.10. The van der Waals surface area contributed by atoms with Crippen LogP contribution < -0.4 is 15.0 Å². The Bertz CT molecular complexity index is 1630. The largest absolute Gasteiger partial charge is 0.483 e. The van der Waals surface area contributed by atoms with Crippen LogP contribution in [0.25, 0.3) is 6.08 Å². The van der Waals surface area contributed by atoms with Crippen molar-refractivity contribution in [3.8, 4) is 5.75 Å². The van der Waals surface area contributed by atoms with E-state index in [1.165, 1.54) is 11.8 Å². The number of benzene rings is 4. The first kappa shape index (κ1) is 27.7. The molecule has 0 aromatic heterocycles. The molecule has 1 heterocycles. The fourth-order valence-corrected chi connectivity index (χ4v) is 5.55. The molecule has 0 spiro atoms. The molecule has 1 aliphatic heterocycles. The minimum Gasteiger partial charge on any atom is -0.483 e. The zero-order valence-electron chi connectivity index (χ0n) is 21.3. The highest BCUT2D eigenvalue weighted by Gasteiger charge is 2.34. The second-order valence-electron chi connectivity index (χ2n) is 8.81. The number of carbonyl (C=O) groups excluding carboxylic acids is 2. The number of thioether (sulfide) groups is 1. The highest BCUT2D eigenvalue weighted by atomic mass is 79.9. The van der Waals surface area contributed by atoms with Crippen LogP contribution in [0, 0.1) is 6.92 Å². The van der Waals surface area contributed by atoms with E-state index in [0.717, 1.165) is 22.5 Å². The summed E-state index contributed by atoms with van der Waals surface area (Å²) in [6.07, 6.45) is 1.82. The molecule has 0 atom stereocenters. The van der Waals surface area contributed by atoms with Gasteiger partial charge in [0.1, 0.15) is 5.75 Å². The number of hydrogen-bond donors (Lipinski definition) is 1. The Hall–Kier alpha value is -3.85. The zero-order chi connectivity index (χ0) is 28.1. The maximum Gasteiger partial charge on any atom is 0.271 e. The van der Waals surface area contributed by atoms with Crippen molar-refractivity contribution in [1.29, 1.82) is 0 Å². The number of ether oxygens (including phenoxy) is 1. The van der Waals surface area contributed by atoms with Gasteiger partial charge in [-0.25, -0.2) is 4.99 Å². The smallest absolute Gasteiger partial charge is 0.271 e. The van der Waals surface area contributed by atoms with Gasteiger partial charge in [-0.1, -0.05) is 60.1 Å². The van der Waals surface area contributed by atoms with Crippen molar-refractivity contribution in [3.63, 3.8) is 0 Å². The number of nitrogens with zero attached hydrogens (tertiary/aromatic N) is 2. The number of hydrogen-bond acceptors (Lipinski definition) is 5. The van der Waals surface area contributed by atoms with E-state index in [1.54, 1.807) is 23.1 Å². The Labute approximate surface area is 249 Å². The van der Waals surface area contributed by atoms with E-state index in [1.807, 2.05) is 91.9 Å². The van der Waals surface area contributed by atoms with Crippen molar-refractivity contribution in [2.24, 2.45) is 4.99 Å². The molecule has 0 unspecified atom stereocenters. The molecule has 2 amide bonds. The number of amidine groups is 1. The Morgan fingerprint density at radius 3 is 2.45 bits per heavy atom. The predicted octanol–water partition coefficient (Wildman–Crippen LogP) is 8.24. The van der Waals surface area contributed by atoms with E-state index >= 15 is 0 Å². The molecule has 40 heavy (non-hydrogen) atoms. The van der Waals surface area contributed by atoms with Gasteiger partial charge in [0.25, 0.3) is 11.8 Å². The lowest BCUT2D eigenvalue weighted by atomic mass is 10.2. The van der Waals surface area contributed by atoms with Crippen molar-refractivity contribution in [3.05, 3.63) is 123 Å². The third kappa shape index (κ3) is 6.65. The molecular formula is C31H23BrClN3O3S. The quantitative estimate of drug-likeness (QED) is 0.208. The molecule has 1 N–H and O–H groups in total. The molecule has 0 bridgehead atoms. The van der Waals surface area contributed by atoms with E-state index in [2.05, 4.69) is 21.2 Å². The van der Waals surface area contributed by atoms with Gasteiger partial charge < -0.3 is 10.1 Å². The molecule has 200 valence electrons. The molecule has 0 saturated carbocycles. The fourth-order valence-electron chi connectivity index (χ4n) is 3.85. The Balaban J connectivity index is 1.31. The number of aryl methyl sites for hydroxylation is 1. The molecule has 4 aromatic rings. The van der Waals surface area contributed by atoms with Gasteiger partial charge in [0, 0.05) is 10.7 Å². The second-order valence-corrected chi connectivity index (χ2v) is 11.1. The number of carbonyl (C=O) groups is 2. The Morgan fingerprint density at radius 1 is 1.02 bits per heavy atom. The lowest BCUT2D eigenvalue weighted by molar-refractivity contribution is -0.118. The molecule has 4 aromatic carbocycles. The first-order valence-electron chi connectivity index (χ1n) is 12.3. The number of rotatable bonds is 7. The van der Waals surface area contributed by atoms with Crippen molar-refractivity contribution in [1.82, 2.24) is 0 Å². The normalized spacial score (nSPS) is 15.1. The van der Waals surface area contributed by atoms with Crippen LogP contribution in [-0.2, 0) is 9.59 Å². The van der Waals surface area contributed by atoms with Crippen LogP contribution in [0.5, 0.6) is 5.75 Å². The number of halogens is 2. The van der Waals surface area contributed by atoms with Crippen LogP contribution in [0.4, 0.5) is 17.1 Å². The SMILES string of the molecule is Cc1ccc(NC(=O)COc2ccc(/C=C3\SC(=Nc4ccccc4)N(c4ccccc4)C3=O)cc2Br)cc1Cl. The van der Waals surface area contributed by atoms with E-state index in [0.29, 0.717) is 31.0 Å². The maximum atomic E-state index is 13.5. The van der Waals surface area contributed by atoms with Crippen molar-refractivity contribution < 1.29 is 14.3 Å². The van der Waals surface area contributed by atoms with Gasteiger partial charge >= 0.3 is 0 Å². The number of para-hydroxylation sites is 2. The molecule has 1 aliphatic rings. The van der Waals surface area contributed by atoms with Crippen LogP contribution >= 0.6 is 39.3 Å². The van der Waals surface area contributed by atoms with Gasteiger partial charge in [-0.2, -0.15) is 0 Å². The first-order chi connectivity index (χ1) is 19.4. The topological polar surface area (TPSA) is 71.0 Å². The van der Waals surface area contributed by atoms with Crippen LogP contribution in [0.1, 0.15) is 11.1 Å². The number of anilines is 2. The third-order valence-electron chi connectivity index (χ3n) is 5.87. The highest BCUT2D eigenvalue weighted by Crippen LogP contribution is 2.38. The van der Waals surface area contributed by atoms with Crippen LogP contribution in [0.2, 0.25) is 5.02 Å². The standard InChI is InChI=1S/C31H23BrClN3O3S/c1-20-12-14-23(18-26(20)33)34-29(37)19-39-27-15-13-21(16-25(27)32)17-28-30(38)36(24-10-6-3-7-11-24)31(40-28)35-22-8-4-2-5-9-22/h2-18H,19H2,1H3,(H,34,37)/b28-17-,35-31?. The second kappa shape index (κ2) is 12.6. The van der Waals surface area contributed by atoms with Crippen LogP contribution in [-0.4, -0.2) is 23.6 Å². The van der Waals surface area contributed by atoms with Crippen molar-refractivity contribution in [2.75, 3.05) is 16.8 Å². The summed E-state index contributed by atoms with van der Waals surface area (Å²) >= 11 is 11.0. The van der Waals surface area contributed by atoms with Crippen LogP contribution in [0.3, 0.4) is 0 Å². The van der Waals surface area contributed by atoms with E-state index < -0.39 is 0 Å². The lowest BCUT2D eigenvalue weighted by Gasteiger charge is -2.15. The fraction of sp³-hybridized carbons (Fsp3) is 0.0645. The summed E-state index contributed by atoms with van der Waals surface area (Å²) in [5.41, 5.74) is 3.83. The van der Waals surface area contributed by atoms with E-state index in [-0.39, 0.29) is 18.4 Å². The van der Waals surface area contributed by atoms with Crippen molar-refractivity contribution >= 4 is 79.4 Å². The first-order valence-corrected chi connectivity index (χ1v) is 14.3. The molecule has 5 rings (SSSR count). The third-order valence-corrected chi connectivity index (χ3v) is 7.87. The average molecular weight is 633 g/mol. The molecular weight excluding hydrogens is 610 g/mol. The van der Waals surface area contributed by atoms with Gasteiger partial charge in [-0.05, 0) is 100 Å². The monoisotopic (exact) mass is 631 g/mol. The summed E-state index contributed by atoms with van der Waals surface area (Å²) in [4.78, 5) is 32.8. The van der Waals surface area contributed by atoms with Crippen LogP contribution in [0.15, 0.2) is 111 Å². The number of aliphatic imine (C=N–C) groups is 1. The minimum absolute atomic E-state index is 0.157. The van der Waals surface area contributed by atoms with Gasteiger partial charge in [0.2, 0.25) is 0 Å². The predicted molar refractivity (Wildman–Crippen MR) is 167 cm³/mol. The minimum atomic E-state index is -0.308. The number of amides is 2. The summed E-state index contributed by atoms with van der Waals surface area (Å²) in [5, 5.41) is 3.93. The number of nitrogens with one attached hydrogen (secondary N) is 1.